The second kappa shape index (κ2) is 6.42. The van der Waals surface area contributed by atoms with Crippen molar-refractivity contribution < 1.29 is 14.1 Å². The fourth-order valence-electron chi connectivity index (χ4n) is 1.67. The van der Waals surface area contributed by atoms with Crippen molar-refractivity contribution in [1.82, 2.24) is 0 Å². The number of carbonyl (C=O) groups excluding carboxylic acids is 1. The molecule has 21 heavy (non-hydrogen) atoms. The van der Waals surface area contributed by atoms with E-state index in [-0.39, 0.29) is 17.2 Å². The SMILES string of the molecule is O=C(C=CNc1ccccc1[N+](=O)[O-])c1ccc(F)cc1. The smallest absolute Gasteiger partial charge is 0.292 e. The summed E-state index contributed by atoms with van der Waals surface area (Å²) in [7, 11) is 0. The number of nitrogens with zero attached hydrogens (tertiary/aromatic N) is 1. The van der Waals surface area contributed by atoms with Crippen molar-refractivity contribution in [3.05, 3.63) is 82.3 Å². The number of benzene rings is 2. The number of rotatable bonds is 5. The number of nitro benzene ring substituents is 1. The average molecular weight is 286 g/mol. The molecule has 0 aromatic heterocycles. The van der Waals surface area contributed by atoms with Crippen LogP contribution in [0, 0.1) is 15.9 Å². The molecular weight excluding hydrogens is 275 g/mol. The van der Waals surface area contributed by atoms with Gasteiger partial charge in [0, 0.05) is 23.9 Å². The van der Waals surface area contributed by atoms with Gasteiger partial charge in [0.05, 0.1) is 4.92 Å². The number of allylic oxidation sites excluding steroid dienone is 1. The highest BCUT2D eigenvalue weighted by molar-refractivity contribution is 6.04. The Morgan fingerprint density at radius 1 is 1.14 bits per heavy atom. The molecule has 106 valence electrons. The molecule has 0 fully saturated rings. The van der Waals surface area contributed by atoms with Crippen LogP contribution in [-0.4, -0.2) is 10.7 Å². The number of nitro groups is 1. The molecule has 0 aliphatic heterocycles. The zero-order valence-electron chi connectivity index (χ0n) is 10.8. The van der Waals surface area contributed by atoms with Crippen molar-refractivity contribution >= 4 is 17.2 Å². The van der Waals surface area contributed by atoms with E-state index in [1.54, 1.807) is 12.1 Å². The molecule has 5 nitrogen and oxygen atoms in total. The summed E-state index contributed by atoms with van der Waals surface area (Å²) in [5, 5.41) is 13.5. The van der Waals surface area contributed by atoms with Crippen LogP contribution >= 0.6 is 0 Å². The molecular formula is C15H11FN2O3. The molecule has 0 spiro atoms. The van der Waals surface area contributed by atoms with Gasteiger partial charge in [-0.15, -0.1) is 0 Å². The van der Waals surface area contributed by atoms with Crippen LogP contribution in [0.15, 0.2) is 60.8 Å². The predicted molar refractivity (Wildman–Crippen MR) is 76.6 cm³/mol. The van der Waals surface area contributed by atoms with Crippen LogP contribution in [0.1, 0.15) is 10.4 Å². The number of para-hydroxylation sites is 2. The maximum atomic E-state index is 12.7. The highest BCUT2D eigenvalue weighted by Gasteiger charge is 2.10. The largest absolute Gasteiger partial charge is 0.356 e. The number of nitrogens with one attached hydrogen (secondary N) is 1. The molecule has 2 rings (SSSR count). The van der Waals surface area contributed by atoms with Gasteiger partial charge in [-0.25, -0.2) is 4.39 Å². The summed E-state index contributed by atoms with van der Waals surface area (Å²) in [6.07, 6.45) is 2.54. The molecule has 0 amide bonds. The lowest BCUT2D eigenvalue weighted by molar-refractivity contribution is -0.383. The monoisotopic (exact) mass is 286 g/mol. The van der Waals surface area contributed by atoms with E-state index in [0.717, 1.165) is 0 Å². The Bertz CT molecular complexity index is 696. The van der Waals surface area contributed by atoms with Gasteiger partial charge in [-0.05, 0) is 30.3 Å². The van der Waals surface area contributed by atoms with Crippen molar-refractivity contribution in [3.8, 4) is 0 Å². The molecule has 6 heteroatoms. The van der Waals surface area contributed by atoms with Gasteiger partial charge in [0.25, 0.3) is 5.69 Å². The van der Waals surface area contributed by atoms with E-state index < -0.39 is 10.7 Å². The van der Waals surface area contributed by atoms with Gasteiger partial charge in [0.2, 0.25) is 0 Å². The summed E-state index contributed by atoms with van der Waals surface area (Å²) in [5.41, 5.74) is 0.527. The molecule has 0 aliphatic carbocycles. The van der Waals surface area contributed by atoms with Crippen LogP contribution in [0.2, 0.25) is 0 Å². The van der Waals surface area contributed by atoms with Gasteiger partial charge < -0.3 is 5.32 Å². The fourth-order valence-corrected chi connectivity index (χ4v) is 1.67. The van der Waals surface area contributed by atoms with E-state index in [1.807, 2.05) is 0 Å². The number of ketones is 1. The third-order valence-corrected chi connectivity index (χ3v) is 2.70. The minimum absolute atomic E-state index is 0.0867. The summed E-state index contributed by atoms with van der Waals surface area (Å²) >= 11 is 0. The van der Waals surface area contributed by atoms with Gasteiger partial charge in [-0.1, -0.05) is 12.1 Å². The lowest BCUT2D eigenvalue weighted by Gasteiger charge is -2.01. The average Bonchev–Trinajstić information content (AvgIpc) is 2.48. The molecule has 0 saturated heterocycles. The van der Waals surface area contributed by atoms with Crippen molar-refractivity contribution in [3.63, 3.8) is 0 Å². The molecule has 0 unspecified atom stereocenters. The van der Waals surface area contributed by atoms with Crippen LogP contribution in [0.25, 0.3) is 0 Å². The second-order valence-corrected chi connectivity index (χ2v) is 4.12. The second-order valence-electron chi connectivity index (χ2n) is 4.12. The van der Waals surface area contributed by atoms with Gasteiger partial charge in [0.15, 0.2) is 5.78 Å². The van der Waals surface area contributed by atoms with Gasteiger partial charge >= 0.3 is 0 Å². The first-order chi connectivity index (χ1) is 10.1. The molecule has 0 atom stereocenters. The van der Waals surface area contributed by atoms with E-state index in [1.165, 1.54) is 48.7 Å². The molecule has 0 bridgehead atoms. The highest BCUT2D eigenvalue weighted by atomic mass is 19.1. The van der Waals surface area contributed by atoms with Crippen LogP contribution in [0.4, 0.5) is 15.8 Å². The van der Waals surface area contributed by atoms with Gasteiger partial charge in [-0.2, -0.15) is 0 Å². The van der Waals surface area contributed by atoms with Crippen LogP contribution in [0.3, 0.4) is 0 Å². The standard InChI is InChI=1S/C15H11FN2O3/c16-12-7-5-11(6-8-12)15(19)9-10-17-13-3-1-2-4-14(13)18(20)21/h1-10,17H. The lowest BCUT2D eigenvalue weighted by atomic mass is 10.1. The first-order valence-electron chi connectivity index (χ1n) is 6.04. The number of hydrogen-bond donors (Lipinski definition) is 1. The Hall–Kier alpha value is -3.02. The Kier molecular flexibility index (Phi) is 4.40. The minimum atomic E-state index is -0.516. The summed E-state index contributed by atoms with van der Waals surface area (Å²) in [6.45, 7) is 0. The van der Waals surface area contributed by atoms with E-state index >= 15 is 0 Å². The third kappa shape index (κ3) is 3.73. The first-order valence-corrected chi connectivity index (χ1v) is 6.04. The van der Waals surface area contributed by atoms with Crippen LogP contribution < -0.4 is 5.32 Å². The highest BCUT2D eigenvalue weighted by Crippen LogP contribution is 2.22. The number of anilines is 1. The summed E-state index contributed by atoms with van der Waals surface area (Å²) in [5.74, 6) is -0.755. The predicted octanol–water partition coefficient (Wildman–Crippen LogP) is 3.54. The molecule has 2 aromatic carbocycles. The Labute approximate surface area is 119 Å². The van der Waals surface area contributed by atoms with Gasteiger partial charge in [-0.3, -0.25) is 14.9 Å². The first kappa shape index (κ1) is 14.4. The van der Waals surface area contributed by atoms with Crippen LogP contribution in [0.5, 0.6) is 0 Å². The van der Waals surface area contributed by atoms with E-state index in [0.29, 0.717) is 5.56 Å². The zero-order valence-corrected chi connectivity index (χ0v) is 10.8. The summed E-state index contributed by atoms with van der Waals surface area (Å²) < 4.78 is 12.7. The number of carbonyl (C=O) groups is 1. The molecule has 0 saturated carbocycles. The Morgan fingerprint density at radius 2 is 1.81 bits per heavy atom. The maximum absolute atomic E-state index is 12.7. The quantitative estimate of drug-likeness (QED) is 0.395. The van der Waals surface area contributed by atoms with Crippen LogP contribution in [-0.2, 0) is 0 Å². The number of halogens is 1. The molecule has 2 aromatic rings. The van der Waals surface area contributed by atoms with E-state index in [9.17, 15) is 19.3 Å². The van der Waals surface area contributed by atoms with E-state index in [2.05, 4.69) is 5.32 Å². The van der Waals surface area contributed by atoms with Crippen molar-refractivity contribution in [2.24, 2.45) is 0 Å². The molecule has 0 radical (unpaired) electrons. The Balaban J connectivity index is 2.07. The molecule has 1 N–H and O–H groups in total. The lowest BCUT2D eigenvalue weighted by Crippen LogP contribution is -1.98. The summed E-state index contributed by atoms with van der Waals surface area (Å²) in [4.78, 5) is 22.1. The van der Waals surface area contributed by atoms with Crippen molar-refractivity contribution in [2.45, 2.75) is 0 Å². The van der Waals surface area contributed by atoms with Crippen molar-refractivity contribution in [2.75, 3.05) is 5.32 Å². The maximum Gasteiger partial charge on any atom is 0.292 e. The summed E-state index contributed by atoms with van der Waals surface area (Å²) in [6, 6.07) is 11.2. The molecule has 0 aliphatic rings. The minimum Gasteiger partial charge on any atom is -0.356 e. The van der Waals surface area contributed by atoms with Gasteiger partial charge in [0.1, 0.15) is 11.5 Å². The van der Waals surface area contributed by atoms with E-state index in [4.69, 9.17) is 0 Å². The fraction of sp³-hybridized carbons (Fsp3) is 0. The van der Waals surface area contributed by atoms with Crippen molar-refractivity contribution in [1.29, 1.82) is 0 Å². The molecule has 0 heterocycles. The zero-order chi connectivity index (χ0) is 15.2. The number of hydrogen-bond acceptors (Lipinski definition) is 4. The Morgan fingerprint density at radius 3 is 2.48 bits per heavy atom. The third-order valence-electron chi connectivity index (χ3n) is 2.70. The topological polar surface area (TPSA) is 72.2 Å². The normalized spacial score (nSPS) is 10.5.